The monoisotopic (exact) mass is 306 g/mol. The van der Waals surface area contributed by atoms with Crippen molar-refractivity contribution < 1.29 is 18.7 Å². The third kappa shape index (κ3) is 2.47. The second-order valence-electron chi connectivity index (χ2n) is 4.71. The number of hydrogen-bond acceptors (Lipinski definition) is 3. The largest absolute Gasteiger partial charge is 0.497 e. The van der Waals surface area contributed by atoms with Crippen molar-refractivity contribution in [1.82, 2.24) is 0 Å². The van der Waals surface area contributed by atoms with Crippen LogP contribution in [-0.2, 0) is 6.42 Å². The number of halogens is 2. The summed E-state index contributed by atoms with van der Waals surface area (Å²) in [6.45, 7) is 0.501. The summed E-state index contributed by atoms with van der Waals surface area (Å²) >= 11 is 6.03. The number of ether oxygens (including phenoxy) is 2. The molecule has 2 aromatic carbocycles. The van der Waals surface area contributed by atoms with E-state index in [1.165, 1.54) is 25.3 Å². The molecule has 0 atom stereocenters. The number of carbonyl (C=O) groups excluding carboxylic acids is 1. The van der Waals surface area contributed by atoms with Crippen LogP contribution in [0.4, 0.5) is 4.39 Å². The van der Waals surface area contributed by atoms with Gasteiger partial charge in [0, 0.05) is 17.5 Å². The van der Waals surface area contributed by atoms with Crippen molar-refractivity contribution in [2.45, 2.75) is 6.42 Å². The van der Waals surface area contributed by atoms with Crippen molar-refractivity contribution in [2.75, 3.05) is 13.7 Å². The number of fused-ring (bicyclic) bond motifs is 1. The second-order valence-corrected chi connectivity index (χ2v) is 5.15. The Morgan fingerprint density at radius 1 is 1.29 bits per heavy atom. The minimum atomic E-state index is -0.633. The van der Waals surface area contributed by atoms with Crippen LogP contribution in [0.2, 0.25) is 5.02 Å². The molecule has 0 spiro atoms. The minimum absolute atomic E-state index is 0.0317. The molecule has 1 heterocycles. The summed E-state index contributed by atoms with van der Waals surface area (Å²) < 4.78 is 24.5. The zero-order valence-corrected chi connectivity index (χ0v) is 12.0. The predicted molar refractivity (Wildman–Crippen MR) is 77.0 cm³/mol. The molecule has 0 aliphatic carbocycles. The molecule has 0 bridgehead atoms. The van der Waals surface area contributed by atoms with E-state index in [1.54, 1.807) is 12.1 Å². The molecule has 0 amide bonds. The van der Waals surface area contributed by atoms with Crippen LogP contribution in [0.5, 0.6) is 11.5 Å². The average molecular weight is 307 g/mol. The van der Waals surface area contributed by atoms with Gasteiger partial charge in [0.1, 0.15) is 17.3 Å². The number of hydrogen-bond donors (Lipinski definition) is 0. The van der Waals surface area contributed by atoms with Gasteiger partial charge >= 0.3 is 0 Å². The van der Waals surface area contributed by atoms with Gasteiger partial charge in [0.2, 0.25) is 0 Å². The third-order valence-electron chi connectivity index (χ3n) is 3.41. The Morgan fingerprint density at radius 3 is 2.81 bits per heavy atom. The molecule has 1 aliphatic rings. The van der Waals surface area contributed by atoms with Crippen LogP contribution in [0.15, 0.2) is 30.3 Å². The Balaban J connectivity index is 2.07. The Morgan fingerprint density at radius 2 is 2.10 bits per heavy atom. The topological polar surface area (TPSA) is 35.5 Å². The molecule has 0 aromatic heterocycles. The predicted octanol–water partition coefficient (Wildman–Crippen LogP) is 3.65. The number of ketones is 1. The molecule has 3 rings (SSSR count). The molecule has 0 unspecified atom stereocenters. The van der Waals surface area contributed by atoms with Crippen molar-refractivity contribution in [3.63, 3.8) is 0 Å². The highest BCUT2D eigenvalue weighted by Crippen LogP contribution is 2.34. The van der Waals surface area contributed by atoms with Crippen LogP contribution in [0.3, 0.4) is 0 Å². The van der Waals surface area contributed by atoms with Crippen LogP contribution in [0, 0.1) is 5.82 Å². The van der Waals surface area contributed by atoms with E-state index in [0.29, 0.717) is 35.1 Å². The number of rotatable bonds is 3. The Hall–Kier alpha value is -2.07. The smallest absolute Gasteiger partial charge is 0.199 e. The second kappa shape index (κ2) is 5.37. The number of carbonyl (C=O) groups is 1. The van der Waals surface area contributed by atoms with Gasteiger partial charge in [0.05, 0.1) is 24.8 Å². The van der Waals surface area contributed by atoms with Crippen molar-refractivity contribution in [2.24, 2.45) is 0 Å². The molecule has 2 aromatic rings. The lowest BCUT2D eigenvalue weighted by molar-refractivity contribution is 0.103. The van der Waals surface area contributed by atoms with Crippen molar-refractivity contribution in [1.29, 1.82) is 0 Å². The van der Waals surface area contributed by atoms with Crippen molar-refractivity contribution in [3.05, 3.63) is 57.9 Å². The van der Waals surface area contributed by atoms with E-state index in [4.69, 9.17) is 21.1 Å². The van der Waals surface area contributed by atoms with Gasteiger partial charge in [0.25, 0.3) is 0 Å². The Bertz CT molecular complexity index is 728. The molecule has 0 fully saturated rings. The maximum atomic E-state index is 14.1. The zero-order valence-electron chi connectivity index (χ0n) is 11.3. The van der Waals surface area contributed by atoms with Gasteiger partial charge in [-0.2, -0.15) is 0 Å². The molecule has 5 heteroatoms. The average Bonchev–Trinajstić information content (AvgIpc) is 2.93. The molecule has 0 saturated carbocycles. The van der Waals surface area contributed by atoms with Crippen molar-refractivity contribution >= 4 is 17.4 Å². The van der Waals surface area contributed by atoms with E-state index in [-0.39, 0.29) is 5.56 Å². The molecule has 1 aliphatic heterocycles. The van der Waals surface area contributed by atoms with Crippen molar-refractivity contribution in [3.8, 4) is 11.5 Å². The first-order valence-corrected chi connectivity index (χ1v) is 6.81. The SMILES string of the molecule is COc1ccc(C(=O)c2cc(Cl)cc3c2OCC3)c(F)c1. The first-order chi connectivity index (χ1) is 10.1. The van der Waals surface area contributed by atoms with Gasteiger partial charge in [-0.05, 0) is 29.8 Å². The summed E-state index contributed by atoms with van der Waals surface area (Å²) in [4.78, 5) is 12.6. The highest BCUT2D eigenvalue weighted by atomic mass is 35.5. The molecule has 0 radical (unpaired) electrons. The van der Waals surface area contributed by atoms with E-state index in [1.807, 2.05) is 0 Å². The maximum absolute atomic E-state index is 14.1. The van der Waals surface area contributed by atoms with Gasteiger partial charge in [-0.3, -0.25) is 4.79 Å². The third-order valence-corrected chi connectivity index (χ3v) is 3.63. The van der Waals surface area contributed by atoms with Crippen LogP contribution in [0.25, 0.3) is 0 Å². The van der Waals surface area contributed by atoms with Crippen LogP contribution in [0.1, 0.15) is 21.5 Å². The van der Waals surface area contributed by atoms with Gasteiger partial charge < -0.3 is 9.47 Å². The quantitative estimate of drug-likeness (QED) is 0.812. The molecule has 0 N–H and O–H groups in total. The van der Waals surface area contributed by atoms with Gasteiger partial charge in [-0.25, -0.2) is 4.39 Å². The fourth-order valence-electron chi connectivity index (χ4n) is 2.39. The first kappa shape index (κ1) is 13.9. The van der Waals surface area contributed by atoms with Crippen LogP contribution >= 0.6 is 11.6 Å². The summed E-state index contributed by atoms with van der Waals surface area (Å²) in [5, 5.41) is 0.441. The molecule has 0 saturated heterocycles. The summed E-state index contributed by atoms with van der Waals surface area (Å²) in [5.41, 5.74) is 1.13. The van der Waals surface area contributed by atoms with Gasteiger partial charge in [-0.15, -0.1) is 0 Å². The van der Waals surface area contributed by atoms with Crippen LogP contribution in [-0.4, -0.2) is 19.5 Å². The Labute approximate surface area is 126 Å². The molecule has 21 heavy (non-hydrogen) atoms. The van der Waals surface area contributed by atoms with E-state index in [2.05, 4.69) is 0 Å². The normalized spacial score (nSPS) is 12.7. The van der Waals surface area contributed by atoms with Crippen LogP contribution < -0.4 is 9.47 Å². The first-order valence-electron chi connectivity index (χ1n) is 6.43. The standard InChI is InChI=1S/C16H12ClFO3/c1-20-11-2-3-12(14(18)8-11)15(19)13-7-10(17)6-9-4-5-21-16(9)13/h2-3,6-8H,4-5H2,1H3. The number of benzene rings is 2. The highest BCUT2D eigenvalue weighted by Gasteiger charge is 2.24. The summed E-state index contributed by atoms with van der Waals surface area (Å²) in [6.07, 6.45) is 0.696. The highest BCUT2D eigenvalue weighted by molar-refractivity contribution is 6.31. The molecule has 108 valence electrons. The van der Waals surface area contributed by atoms with E-state index >= 15 is 0 Å². The molecule has 3 nitrogen and oxygen atoms in total. The maximum Gasteiger partial charge on any atom is 0.199 e. The molecular formula is C16H12ClFO3. The summed E-state index contributed by atoms with van der Waals surface area (Å²) in [7, 11) is 1.44. The fraction of sp³-hybridized carbons (Fsp3) is 0.188. The zero-order chi connectivity index (χ0) is 15.0. The fourth-order valence-corrected chi connectivity index (χ4v) is 2.63. The Kier molecular flexibility index (Phi) is 3.55. The summed E-state index contributed by atoms with van der Waals surface area (Å²) in [5.74, 6) is -0.224. The van der Waals surface area contributed by atoms with Gasteiger partial charge in [0.15, 0.2) is 5.78 Å². The lowest BCUT2D eigenvalue weighted by atomic mass is 9.99. The van der Waals surface area contributed by atoms with E-state index in [0.717, 1.165) is 5.56 Å². The van der Waals surface area contributed by atoms with E-state index in [9.17, 15) is 9.18 Å². The summed E-state index contributed by atoms with van der Waals surface area (Å²) in [6, 6.07) is 7.41. The van der Waals surface area contributed by atoms with E-state index < -0.39 is 11.6 Å². The lowest BCUT2D eigenvalue weighted by Crippen LogP contribution is -2.06. The van der Waals surface area contributed by atoms with Gasteiger partial charge in [-0.1, -0.05) is 11.6 Å². The number of methoxy groups -OCH3 is 1. The molecular weight excluding hydrogens is 295 g/mol. The lowest BCUT2D eigenvalue weighted by Gasteiger charge is -2.09. The minimum Gasteiger partial charge on any atom is -0.497 e.